The third kappa shape index (κ3) is 3.24. The van der Waals surface area contributed by atoms with Crippen molar-refractivity contribution in [1.29, 1.82) is 0 Å². The number of anilines is 2. The summed E-state index contributed by atoms with van der Waals surface area (Å²) in [5.41, 5.74) is 8.01. The monoisotopic (exact) mass is 332 g/mol. The van der Waals surface area contributed by atoms with E-state index in [2.05, 4.69) is 21.2 Å². The molecule has 2 aromatic carbocycles. The number of nitrogens with two attached hydrogens (primary N) is 1. The van der Waals surface area contributed by atoms with Crippen LogP contribution in [0.4, 0.5) is 11.4 Å². The van der Waals surface area contributed by atoms with E-state index in [0.717, 1.165) is 4.47 Å². The molecule has 0 heterocycles. The van der Waals surface area contributed by atoms with Crippen LogP contribution in [0.3, 0.4) is 0 Å². The van der Waals surface area contributed by atoms with Crippen molar-refractivity contribution >= 4 is 39.0 Å². The molecule has 0 saturated carbocycles. The molecule has 0 aliphatic rings. The standard InChI is InChI=1S/C15H13BrN2O2/c1-9(19)18-12-5-2-10(3-6-12)15(20)11-4-7-13(16)14(17)8-11/h2-8H,17H2,1H3,(H,18,19). The molecule has 3 N–H and O–H groups in total. The fourth-order valence-electron chi connectivity index (χ4n) is 1.76. The number of hydrogen-bond donors (Lipinski definition) is 2. The maximum atomic E-state index is 12.3. The average Bonchev–Trinajstić information content (AvgIpc) is 2.41. The van der Waals surface area contributed by atoms with E-state index < -0.39 is 0 Å². The smallest absolute Gasteiger partial charge is 0.221 e. The molecule has 0 spiro atoms. The van der Waals surface area contributed by atoms with Crippen molar-refractivity contribution < 1.29 is 9.59 Å². The minimum atomic E-state index is -0.148. The Balaban J connectivity index is 2.24. The van der Waals surface area contributed by atoms with Crippen LogP contribution in [0.15, 0.2) is 46.9 Å². The maximum Gasteiger partial charge on any atom is 0.221 e. The van der Waals surface area contributed by atoms with Crippen LogP contribution in [-0.4, -0.2) is 11.7 Å². The molecule has 0 fully saturated rings. The summed E-state index contributed by atoms with van der Waals surface area (Å²) < 4.78 is 0.759. The lowest BCUT2D eigenvalue weighted by atomic mass is 10.0. The van der Waals surface area contributed by atoms with Crippen molar-refractivity contribution in [3.05, 3.63) is 58.1 Å². The zero-order valence-electron chi connectivity index (χ0n) is 10.8. The first-order valence-corrected chi connectivity index (χ1v) is 6.74. The molecule has 0 unspecified atom stereocenters. The molecule has 0 aliphatic carbocycles. The number of nitrogen functional groups attached to an aromatic ring is 1. The largest absolute Gasteiger partial charge is 0.398 e. The van der Waals surface area contributed by atoms with Crippen LogP contribution < -0.4 is 11.1 Å². The van der Waals surface area contributed by atoms with Crippen LogP contribution in [0.5, 0.6) is 0 Å². The Morgan fingerprint density at radius 1 is 1.05 bits per heavy atom. The number of amides is 1. The summed E-state index contributed by atoms with van der Waals surface area (Å²) in [7, 11) is 0. The summed E-state index contributed by atoms with van der Waals surface area (Å²) in [5, 5.41) is 2.65. The van der Waals surface area contributed by atoms with Gasteiger partial charge in [-0.25, -0.2) is 0 Å². The zero-order valence-corrected chi connectivity index (χ0v) is 12.4. The molecule has 4 nitrogen and oxygen atoms in total. The van der Waals surface area contributed by atoms with E-state index in [-0.39, 0.29) is 11.7 Å². The van der Waals surface area contributed by atoms with Gasteiger partial charge >= 0.3 is 0 Å². The SMILES string of the molecule is CC(=O)Nc1ccc(C(=O)c2ccc(Br)c(N)c2)cc1. The first kappa shape index (κ1) is 14.3. The molecule has 2 aromatic rings. The number of carbonyl (C=O) groups excluding carboxylic acids is 2. The Labute approximate surface area is 125 Å². The van der Waals surface area contributed by atoms with Gasteiger partial charge in [-0.2, -0.15) is 0 Å². The Kier molecular flexibility index (Phi) is 4.20. The topological polar surface area (TPSA) is 72.2 Å². The fraction of sp³-hybridized carbons (Fsp3) is 0.0667. The van der Waals surface area contributed by atoms with E-state index in [1.54, 1.807) is 42.5 Å². The quantitative estimate of drug-likeness (QED) is 0.669. The second-order valence-corrected chi connectivity index (χ2v) is 5.18. The zero-order chi connectivity index (χ0) is 14.7. The summed E-state index contributed by atoms with van der Waals surface area (Å²) in [6.45, 7) is 1.43. The van der Waals surface area contributed by atoms with Gasteiger partial charge in [0, 0.05) is 33.9 Å². The van der Waals surface area contributed by atoms with Gasteiger partial charge in [0.25, 0.3) is 0 Å². The number of halogens is 1. The Hall–Kier alpha value is -2.14. The highest BCUT2D eigenvalue weighted by Gasteiger charge is 2.10. The van der Waals surface area contributed by atoms with Crippen molar-refractivity contribution in [3.63, 3.8) is 0 Å². The highest BCUT2D eigenvalue weighted by atomic mass is 79.9. The molecule has 2 rings (SSSR count). The van der Waals surface area contributed by atoms with Gasteiger partial charge in [0.05, 0.1) is 0 Å². The first-order chi connectivity index (χ1) is 9.47. The Morgan fingerprint density at radius 3 is 2.20 bits per heavy atom. The van der Waals surface area contributed by atoms with Crippen LogP contribution in [-0.2, 0) is 4.79 Å². The van der Waals surface area contributed by atoms with E-state index in [0.29, 0.717) is 22.5 Å². The lowest BCUT2D eigenvalue weighted by Gasteiger charge is -2.06. The average molecular weight is 333 g/mol. The highest BCUT2D eigenvalue weighted by Crippen LogP contribution is 2.22. The van der Waals surface area contributed by atoms with Gasteiger partial charge in [0.15, 0.2) is 5.78 Å². The molecule has 0 aliphatic heterocycles. The van der Waals surface area contributed by atoms with Crippen LogP contribution >= 0.6 is 15.9 Å². The summed E-state index contributed by atoms with van der Waals surface area (Å²) in [5.74, 6) is -0.261. The molecule has 0 atom stereocenters. The van der Waals surface area contributed by atoms with E-state index in [1.807, 2.05) is 0 Å². The van der Waals surface area contributed by atoms with E-state index in [1.165, 1.54) is 6.92 Å². The van der Waals surface area contributed by atoms with Gasteiger partial charge in [0.1, 0.15) is 0 Å². The summed E-state index contributed by atoms with van der Waals surface area (Å²) in [6.07, 6.45) is 0. The molecule has 0 aromatic heterocycles. The van der Waals surface area contributed by atoms with Gasteiger partial charge in [-0.15, -0.1) is 0 Å². The lowest BCUT2D eigenvalue weighted by molar-refractivity contribution is -0.114. The molecule has 0 radical (unpaired) electrons. The molecular formula is C15H13BrN2O2. The minimum Gasteiger partial charge on any atom is -0.398 e. The van der Waals surface area contributed by atoms with Crippen molar-refractivity contribution in [2.24, 2.45) is 0 Å². The predicted molar refractivity (Wildman–Crippen MR) is 82.7 cm³/mol. The van der Waals surface area contributed by atoms with Gasteiger partial charge in [-0.3, -0.25) is 9.59 Å². The van der Waals surface area contributed by atoms with Crippen LogP contribution in [0.25, 0.3) is 0 Å². The lowest BCUT2D eigenvalue weighted by Crippen LogP contribution is -2.06. The van der Waals surface area contributed by atoms with E-state index in [9.17, 15) is 9.59 Å². The van der Waals surface area contributed by atoms with Crippen LogP contribution in [0.2, 0.25) is 0 Å². The third-order valence-electron chi connectivity index (χ3n) is 2.73. The van der Waals surface area contributed by atoms with Gasteiger partial charge < -0.3 is 11.1 Å². The van der Waals surface area contributed by atoms with Crippen molar-refractivity contribution in [2.75, 3.05) is 11.1 Å². The van der Waals surface area contributed by atoms with Crippen molar-refractivity contribution in [1.82, 2.24) is 0 Å². The molecular weight excluding hydrogens is 320 g/mol. The highest BCUT2D eigenvalue weighted by molar-refractivity contribution is 9.10. The number of nitrogens with one attached hydrogen (secondary N) is 1. The number of ketones is 1. The van der Waals surface area contributed by atoms with Gasteiger partial charge in [-0.05, 0) is 58.4 Å². The van der Waals surface area contributed by atoms with Crippen molar-refractivity contribution in [3.8, 4) is 0 Å². The summed E-state index contributed by atoms with van der Waals surface area (Å²) in [6, 6.07) is 11.8. The predicted octanol–water partition coefficient (Wildman–Crippen LogP) is 3.22. The number of carbonyl (C=O) groups is 2. The number of benzene rings is 2. The van der Waals surface area contributed by atoms with Gasteiger partial charge in [0.2, 0.25) is 5.91 Å². The minimum absolute atomic E-state index is 0.112. The summed E-state index contributed by atoms with van der Waals surface area (Å²) in [4.78, 5) is 23.2. The maximum absolute atomic E-state index is 12.3. The molecule has 20 heavy (non-hydrogen) atoms. The molecule has 5 heteroatoms. The fourth-order valence-corrected chi connectivity index (χ4v) is 2.01. The Bertz CT molecular complexity index is 666. The second kappa shape index (κ2) is 5.88. The number of hydrogen-bond acceptors (Lipinski definition) is 3. The van der Waals surface area contributed by atoms with Crippen LogP contribution in [0.1, 0.15) is 22.8 Å². The second-order valence-electron chi connectivity index (χ2n) is 4.32. The first-order valence-electron chi connectivity index (χ1n) is 5.95. The van der Waals surface area contributed by atoms with Gasteiger partial charge in [-0.1, -0.05) is 0 Å². The molecule has 102 valence electrons. The third-order valence-corrected chi connectivity index (χ3v) is 3.45. The summed E-state index contributed by atoms with van der Waals surface area (Å²) >= 11 is 3.29. The molecule has 1 amide bonds. The van der Waals surface area contributed by atoms with Crippen molar-refractivity contribution in [2.45, 2.75) is 6.92 Å². The van der Waals surface area contributed by atoms with E-state index in [4.69, 9.17) is 5.73 Å². The van der Waals surface area contributed by atoms with Crippen LogP contribution in [0, 0.1) is 0 Å². The molecule has 0 saturated heterocycles. The Morgan fingerprint density at radius 2 is 1.65 bits per heavy atom. The number of rotatable bonds is 3. The molecule has 0 bridgehead atoms. The normalized spacial score (nSPS) is 10.1. The van der Waals surface area contributed by atoms with E-state index >= 15 is 0 Å².